The van der Waals surface area contributed by atoms with Gasteiger partial charge in [0.25, 0.3) is 0 Å². The van der Waals surface area contributed by atoms with E-state index in [-0.39, 0.29) is 0 Å². The number of benzene rings is 10. The van der Waals surface area contributed by atoms with Crippen molar-refractivity contribution < 1.29 is 4.42 Å². The van der Waals surface area contributed by atoms with E-state index in [4.69, 9.17) is 4.42 Å². The molecule has 0 fully saturated rings. The molecule has 1 aromatic heterocycles. The molecular formula is C54H35NO. The summed E-state index contributed by atoms with van der Waals surface area (Å²) < 4.78 is 6.56. The van der Waals surface area contributed by atoms with E-state index in [0.717, 1.165) is 50.1 Å². The predicted molar refractivity (Wildman–Crippen MR) is 237 cm³/mol. The maximum absolute atomic E-state index is 6.56. The van der Waals surface area contributed by atoms with Gasteiger partial charge in [-0.2, -0.15) is 0 Å². The lowest BCUT2D eigenvalue weighted by molar-refractivity contribution is 0.669. The highest BCUT2D eigenvalue weighted by molar-refractivity contribution is 6.18. The molecule has 0 atom stereocenters. The molecule has 2 heteroatoms. The fourth-order valence-corrected chi connectivity index (χ4v) is 8.50. The van der Waals surface area contributed by atoms with Crippen LogP contribution >= 0.6 is 0 Å². The zero-order valence-electron chi connectivity index (χ0n) is 30.6. The Morgan fingerprint density at radius 2 is 0.857 bits per heavy atom. The van der Waals surface area contributed by atoms with Gasteiger partial charge >= 0.3 is 0 Å². The molecule has 0 N–H and O–H groups in total. The third kappa shape index (κ3) is 5.42. The lowest BCUT2D eigenvalue weighted by Gasteiger charge is -2.29. The van der Waals surface area contributed by atoms with Gasteiger partial charge in [-0.3, -0.25) is 0 Å². The van der Waals surface area contributed by atoms with Crippen LogP contribution in [0.2, 0.25) is 0 Å². The lowest BCUT2D eigenvalue weighted by Crippen LogP contribution is -2.11. The van der Waals surface area contributed by atoms with Gasteiger partial charge < -0.3 is 9.32 Å². The van der Waals surface area contributed by atoms with Crippen LogP contribution in [-0.2, 0) is 0 Å². The summed E-state index contributed by atoms with van der Waals surface area (Å²) in [5.74, 6) is 0. The van der Waals surface area contributed by atoms with Crippen molar-refractivity contribution in [2.75, 3.05) is 4.90 Å². The molecule has 0 aliphatic carbocycles. The van der Waals surface area contributed by atoms with E-state index in [1.165, 1.54) is 54.6 Å². The summed E-state index contributed by atoms with van der Waals surface area (Å²) in [5.41, 5.74) is 12.1. The first-order chi connectivity index (χ1) is 27.7. The average Bonchev–Trinajstić information content (AvgIpc) is 3.66. The maximum Gasteiger partial charge on any atom is 0.136 e. The number of para-hydroxylation sites is 1. The molecule has 11 rings (SSSR count). The minimum absolute atomic E-state index is 0.870. The molecule has 0 saturated heterocycles. The summed E-state index contributed by atoms with van der Waals surface area (Å²) in [6, 6.07) is 76.6. The van der Waals surface area contributed by atoms with Crippen molar-refractivity contribution in [1.82, 2.24) is 0 Å². The first kappa shape index (κ1) is 32.0. The third-order valence-corrected chi connectivity index (χ3v) is 11.2. The highest BCUT2D eigenvalue weighted by Crippen LogP contribution is 2.48. The van der Waals surface area contributed by atoms with E-state index >= 15 is 0 Å². The third-order valence-electron chi connectivity index (χ3n) is 11.2. The predicted octanol–water partition coefficient (Wildman–Crippen LogP) is 15.5. The largest absolute Gasteiger partial charge is 0.456 e. The number of anilines is 3. The number of nitrogens with zero attached hydrogens (tertiary/aromatic N) is 1. The van der Waals surface area contributed by atoms with Crippen LogP contribution in [0.15, 0.2) is 217 Å². The molecule has 1 heterocycles. The number of hydrogen-bond donors (Lipinski definition) is 0. The molecule has 0 aliphatic rings. The minimum atomic E-state index is 0.870. The topological polar surface area (TPSA) is 16.4 Å². The van der Waals surface area contributed by atoms with Crippen LogP contribution in [0.4, 0.5) is 17.1 Å². The summed E-state index contributed by atoms with van der Waals surface area (Å²) in [6.45, 7) is 0. The smallest absolute Gasteiger partial charge is 0.136 e. The number of fused-ring (bicyclic) bond motifs is 7. The van der Waals surface area contributed by atoms with Crippen molar-refractivity contribution in [3.8, 4) is 33.4 Å². The number of furan rings is 1. The van der Waals surface area contributed by atoms with Gasteiger partial charge in [0.15, 0.2) is 0 Å². The van der Waals surface area contributed by atoms with Gasteiger partial charge in [-0.15, -0.1) is 0 Å². The van der Waals surface area contributed by atoms with Crippen molar-refractivity contribution in [3.63, 3.8) is 0 Å². The Balaban J connectivity index is 1.16. The zero-order chi connectivity index (χ0) is 37.0. The van der Waals surface area contributed by atoms with Crippen LogP contribution in [0.25, 0.3) is 87.6 Å². The second kappa shape index (κ2) is 13.2. The molecule has 11 aromatic rings. The molecule has 0 spiro atoms. The standard InChI is InChI=1S/C54H35NO/c1-3-11-36(12-4-1)38-23-27-45(28-24-38)55(46-29-25-41-33-40(20-21-42(41)35-46)37-13-5-2-6-14-37)50-31-32-52-54(49-17-9-10-18-51(49)56-52)53(50)44-26-30-48-43(34-44)22-19-39-15-7-8-16-47(39)48/h1-35H. The Labute approximate surface area is 325 Å². The van der Waals surface area contributed by atoms with Crippen LogP contribution in [0, 0.1) is 0 Å². The van der Waals surface area contributed by atoms with Crippen LogP contribution in [0.3, 0.4) is 0 Å². The summed E-state index contributed by atoms with van der Waals surface area (Å²) >= 11 is 0. The van der Waals surface area contributed by atoms with Crippen molar-refractivity contribution in [2.45, 2.75) is 0 Å². The highest BCUT2D eigenvalue weighted by Gasteiger charge is 2.23. The number of rotatable bonds is 6. The van der Waals surface area contributed by atoms with E-state index in [1.807, 2.05) is 6.07 Å². The molecule has 0 bridgehead atoms. The van der Waals surface area contributed by atoms with E-state index in [2.05, 4.69) is 211 Å². The van der Waals surface area contributed by atoms with Crippen LogP contribution in [-0.4, -0.2) is 0 Å². The Bertz CT molecular complexity index is 3230. The quantitative estimate of drug-likeness (QED) is 0.160. The van der Waals surface area contributed by atoms with Gasteiger partial charge in [0.05, 0.1) is 5.69 Å². The molecule has 262 valence electrons. The van der Waals surface area contributed by atoms with Gasteiger partial charge in [-0.25, -0.2) is 0 Å². The van der Waals surface area contributed by atoms with Crippen LogP contribution < -0.4 is 4.90 Å². The highest BCUT2D eigenvalue weighted by atomic mass is 16.3. The normalized spacial score (nSPS) is 11.6. The maximum atomic E-state index is 6.56. The molecule has 0 unspecified atom stereocenters. The Morgan fingerprint density at radius 1 is 0.304 bits per heavy atom. The van der Waals surface area contributed by atoms with Gasteiger partial charge in [-0.05, 0) is 115 Å². The molecule has 56 heavy (non-hydrogen) atoms. The Morgan fingerprint density at radius 3 is 1.68 bits per heavy atom. The van der Waals surface area contributed by atoms with E-state index < -0.39 is 0 Å². The second-order valence-corrected chi connectivity index (χ2v) is 14.5. The van der Waals surface area contributed by atoms with Gasteiger partial charge in [0.2, 0.25) is 0 Å². The zero-order valence-corrected chi connectivity index (χ0v) is 30.6. The summed E-state index contributed by atoms with van der Waals surface area (Å²) in [5, 5.41) is 9.55. The first-order valence-corrected chi connectivity index (χ1v) is 19.2. The Kier molecular flexibility index (Phi) is 7.53. The second-order valence-electron chi connectivity index (χ2n) is 14.5. The van der Waals surface area contributed by atoms with Crippen molar-refractivity contribution in [2.24, 2.45) is 0 Å². The monoisotopic (exact) mass is 713 g/mol. The Hall–Kier alpha value is -7.42. The molecule has 0 saturated carbocycles. The molecule has 2 nitrogen and oxygen atoms in total. The SMILES string of the molecule is c1ccc(-c2ccc(N(c3ccc4cc(-c5ccccc5)ccc4c3)c3ccc4oc5ccccc5c4c3-c3ccc4c(ccc5ccccc54)c3)cc2)cc1. The molecular weight excluding hydrogens is 679 g/mol. The first-order valence-electron chi connectivity index (χ1n) is 19.2. The molecule has 10 aromatic carbocycles. The fraction of sp³-hybridized carbons (Fsp3) is 0. The van der Waals surface area contributed by atoms with Crippen molar-refractivity contribution in [1.29, 1.82) is 0 Å². The summed E-state index contributed by atoms with van der Waals surface area (Å²) in [6.07, 6.45) is 0. The van der Waals surface area contributed by atoms with E-state index in [1.54, 1.807) is 0 Å². The van der Waals surface area contributed by atoms with Crippen molar-refractivity contribution in [3.05, 3.63) is 212 Å². The van der Waals surface area contributed by atoms with Crippen LogP contribution in [0.1, 0.15) is 0 Å². The summed E-state index contributed by atoms with van der Waals surface area (Å²) in [7, 11) is 0. The van der Waals surface area contributed by atoms with Crippen molar-refractivity contribution >= 4 is 71.3 Å². The fourth-order valence-electron chi connectivity index (χ4n) is 8.50. The van der Waals surface area contributed by atoms with Gasteiger partial charge in [0, 0.05) is 27.7 Å². The summed E-state index contributed by atoms with van der Waals surface area (Å²) in [4.78, 5) is 2.42. The lowest BCUT2D eigenvalue weighted by atomic mass is 9.93. The van der Waals surface area contributed by atoms with E-state index in [0.29, 0.717) is 0 Å². The number of hydrogen-bond acceptors (Lipinski definition) is 2. The molecule has 0 aliphatic heterocycles. The molecule has 0 radical (unpaired) electrons. The van der Waals surface area contributed by atoms with E-state index in [9.17, 15) is 0 Å². The average molecular weight is 714 g/mol. The van der Waals surface area contributed by atoms with Gasteiger partial charge in [0.1, 0.15) is 11.2 Å². The van der Waals surface area contributed by atoms with Crippen LogP contribution in [0.5, 0.6) is 0 Å². The van der Waals surface area contributed by atoms with Gasteiger partial charge in [-0.1, -0.05) is 158 Å². The minimum Gasteiger partial charge on any atom is -0.456 e. The molecule has 0 amide bonds.